The van der Waals surface area contributed by atoms with Crippen LogP contribution in [-0.2, 0) is 25.5 Å². The van der Waals surface area contributed by atoms with E-state index in [2.05, 4.69) is 18.5 Å². The predicted molar refractivity (Wildman–Crippen MR) is 139 cm³/mol. The van der Waals surface area contributed by atoms with Gasteiger partial charge in [0.1, 0.15) is 12.4 Å². The molecule has 0 unspecified atom stereocenters. The molecule has 1 amide bonds. The molecule has 1 aromatic carbocycles. The lowest BCUT2D eigenvalue weighted by atomic mass is 9.93. The molecule has 0 aliphatic carbocycles. The molecular weight excluding hydrogens is 450 g/mol. The molecular formula is C27H39NO5S. The van der Waals surface area contributed by atoms with Crippen LogP contribution in [0.4, 0.5) is 0 Å². The average Bonchev–Trinajstić information content (AvgIpc) is 2.81. The highest BCUT2D eigenvalue weighted by Crippen LogP contribution is 2.19. The Morgan fingerprint density at radius 1 is 1.09 bits per heavy atom. The smallest absolute Gasteiger partial charge is 0.309 e. The summed E-state index contributed by atoms with van der Waals surface area (Å²) in [5.41, 5.74) is 1.00. The first-order chi connectivity index (χ1) is 16.2. The van der Waals surface area contributed by atoms with Gasteiger partial charge in [-0.2, -0.15) is 11.8 Å². The minimum atomic E-state index is -0.638. The maximum absolute atomic E-state index is 13.1. The Hall–Kier alpha value is -2.54. The molecule has 0 aliphatic rings. The van der Waals surface area contributed by atoms with E-state index in [1.807, 2.05) is 45.0 Å². The van der Waals surface area contributed by atoms with Crippen molar-refractivity contribution in [3.8, 4) is 5.75 Å². The predicted octanol–water partition coefficient (Wildman–Crippen LogP) is 4.63. The number of thioether (sulfide) groups is 1. The van der Waals surface area contributed by atoms with Crippen molar-refractivity contribution >= 4 is 29.4 Å². The Balaban J connectivity index is 2.79. The van der Waals surface area contributed by atoms with Crippen molar-refractivity contribution in [1.82, 2.24) is 5.32 Å². The molecule has 34 heavy (non-hydrogen) atoms. The number of carbonyl (C=O) groups is 3. The van der Waals surface area contributed by atoms with Crippen LogP contribution >= 0.6 is 11.8 Å². The number of nitrogens with one attached hydrogen (secondary N) is 1. The summed E-state index contributed by atoms with van der Waals surface area (Å²) in [4.78, 5) is 38.2. The van der Waals surface area contributed by atoms with E-state index in [4.69, 9.17) is 9.47 Å². The fourth-order valence-corrected chi connectivity index (χ4v) is 4.28. The summed E-state index contributed by atoms with van der Waals surface area (Å²) in [6.07, 6.45) is 4.53. The number of Topliss-reactive ketones (excluding diaryl/α,β-unsaturated/α-hetero) is 1. The first-order valence-corrected chi connectivity index (χ1v) is 12.8. The molecule has 0 bridgehead atoms. The molecule has 0 heterocycles. The monoisotopic (exact) mass is 489 g/mol. The van der Waals surface area contributed by atoms with E-state index in [1.165, 1.54) is 18.9 Å². The van der Waals surface area contributed by atoms with Gasteiger partial charge in [0.15, 0.2) is 5.78 Å². The third-order valence-electron chi connectivity index (χ3n) is 5.23. The van der Waals surface area contributed by atoms with Crippen LogP contribution in [0, 0.1) is 17.8 Å². The summed E-state index contributed by atoms with van der Waals surface area (Å²) in [6, 6.07) is 6.96. The normalized spacial score (nSPS) is 13.4. The number of hydrogen-bond acceptors (Lipinski definition) is 6. The molecule has 7 heteroatoms. The molecule has 0 aromatic heterocycles. The summed E-state index contributed by atoms with van der Waals surface area (Å²) in [7, 11) is 1.32. The third-order valence-corrected chi connectivity index (χ3v) is 6.34. The Morgan fingerprint density at radius 3 is 2.32 bits per heavy atom. The zero-order valence-electron chi connectivity index (χ0n) is 20.9. The number of carbonyl (C=O) groups excluding carboxylic acids is 3. The molecule has 6 nitrogen and oxygen atoms in total. The van der Waals surface area contributed by atoms with Gasteiger partial charge >= 0.3 is 5.97 Å². The molecule has 0 saturated heterocycles. The van der Waals surface area contributed by atoms with Crippen LogP contribution in [0.15, 0.2) is 49.6 Å². The SMILES string of the molecule is C=CCOc1ccc(C[C@H](C)C(=O)N[C@@H](CC(C)C)C(=O)C[C@@H](CSCC=C)C(=O)OC)cc1. The highest BCUT2D eigenvalue weighted by molar-refractivity contribution is 7.99. The Kier molecular flexibility index (Phi) is 14.0. The number of ketones is 1. The third kappa shape index (κ3) is 11.1. The van der Waals surface area contributed by atoms with Crippen LogP contribution < -0.4 is 10.1 Å². The van der Waals surface area contributed by atoms with Gasteiger partial charge in [-0.1, -0.05) is 51.6 Å². The summed E-state index contributed by atoms with van der Waals surface area (Å²) in [5.74, 6) is 0.509. The second kappa shape index (κ2) is 16.1. The van der Waals surface area contributed by atoms with Crippen molar-refractivity contribution in [1.29, 1.82) is 0 Å². The Morgan fingerprint density at radius 2 is 1.76 bits per heavy atom. The lowest BCUT2D eigenvalue weighted by molar-refractivity contribution is -0.146. The van der Waals surface area contributed by atoms with Crippen molar-refractivity contribution in [2.75, 3.05) is 25.2 Å². The standard InChI is InChI=1S/C27H39NO5S/c1-7-13-33-23-11-9-21(10-12-23)16-20(5)26(30)28-24(15-19(3)4)25(29)17-22(27(31)32-6)18-34-14-8-2/h7-12,19-20,22,24H,1-2,13-18H2,3-6H3,(H,28,30)/t20-,22-,24-/m0/s1. The molecule has 0 saturated carbocycles. The fraction of sp³-hybridized carbons (Fsp3) is 0.519. The van der Waals surface area contributed by atoms with Gasteiger partial charge in [-0.15, -0.1) is 6.58 Å². The van der Waals surface area contributed by atoms with E-state index < -0.39 is 17.9 Å². The number of ether oxygens (including phenoxy) is 2. The van der Waals surface area contributed by atoms with Crippen LogP contribution in [0.5, 0.6) is 5.75 Å². The van der Waals surface area contributed by atoms with Crippen LogP contribution in [0.1, 0.15) is 39.2 Å². The van der Waals surface area contributed by atoms with Gasteiger partial charge in [0.2, 0.25) is 5.91 Å². The van der Waals surface area contributed by atoms with Crippen molar-refractivity contribution in [3.05, 3.63) is 55.1 Å². The quantitative estimate of drug-likeness (QED) is 0.195. The molecule has 1 N–H and O–H groups in total. The van der Waals surface area contributed by atoms with Crippen molar-refractivity contribution in [2.24, 2.45) is 17.8 Å². The highest BCUT2D eigenvalue weighted by atomic mass is 32.2. The van der Waals surface area contributed by atoms with Gasteiger partial charge in [-0.05, 0) is 36.5 Å². The van der Waals surface area contributed by atoms with Crippen LogP contribution in [-0.4, -0.2) is 48.9 Å². The topological polar surface area (TPSA) is 81.7 Å². The molecule has 3 atom stereocenters. The van der Waals surface area contributed by atoms with Gasteiger partial charge in [0.05, 0.1) is 19.1 Å². The Bertz CT molecular complexity index is 806. The van der Waals surface area contributed by atoms with Gasteiger partial charge in [0.25, 0.3) is 0 Å². The summed E-state index contributed by atoms with van der Waals surface area (Å²) in [5, 5.41) is 2.94. The summed E-state index contributed by atoms with van der Waals surface area (Å²) < 4.78 is 10.4. The molecule has 1 aromatic rings. The second-order valence-corrected chi connectivity index (χ2v) is 9.83. The fourth-order valence-electron chi connectivity index (χ4n) is 3.44. The molecule has 188 valence electrons. The number of benzene rings is 1. The van der Waals surface area contributed by atoms with Gasteiger partial charge in [0, 0.05) is 23.8 Å². The maximum atomic E-state index is 13.1. The lowest BCUT2D eigenvalue weighted by Gasteiger charge is -2.23. The highest BCUT2D eigenvalue weighted by Gasteiger charge is 2.29. The number of rotatable bonds is 17. The number of methoxy groups -OCH3 is 1. The maximum Gasteiger partial charge on any atom is 0.309 e. The van der Waals surface area contributed by atoms with Crippen LogP contribution in [0.25, 0.3) is 0 Å². The van der Waals surface area contributed by atoms with Crippen LogP contribution in [0.3, 0.4) is 0 Å². The van der Waals surface area contributed by atoms with E-state index in [0.717, 1.165) is 11.3 Å². The molecule has 0 radical (unpaired) electrons. The number of hydrogen-bond donors (Lipinski definition) is 1. The van der Waals surface area contributed by atoms with Gasteiger partial charge in [-0.3, -0.25) is 14.4 Å². The van der Waals surface area contributed by atoms with Gasteiger partial charge in [-0.25, -0.2) is 0 Å². The van der Waals surface area contributed by atoms with E-state index >= 15 is 0 Å². The van der Waals surface area contributed by atoms with Crippen LogP contribution in [0.2, 0.25) is 0 Å². The molecule has 0 aliphatic heterocycles. The molecule has 0 fully saturated rings. The van der Waals surface area contributed by atoms with E-state index in [-0.39, 0.29) is 29.9 Å². The zero-order valence-corrected chi connectivity index (χ0v) is 21.7. The number of esters is 1. The summed E-state index contributed by atoms with van der Waals surface area (Å²) >= 11 is 1.53. The van der Waals surface area contributed by atoms with Gasteiger partial charge < -0.3 is 14.8 Å². The molecule has 0 spiro atoms. The largest absolute Gasteiger partial charge is 0.490 e. The molecule has 1 rings (SSSR count). The van der Waals surface area contributed by atoms with E-state index in [0.29, 0.717) is 31.0 Å². The number of amides is 1. The van der Waals surface area contributed by atoms with E-state index in [1.54, 1.807) is 12.2 Å². The van der Waals surface area contributed by atoms with Crippen molar-refractivity contribution < 1.29 is 23.9 Å². The van der Waals surface area contributed by atoms with Crippen molar-refractivity contribution in [3.63, 3.8) is 0 Å². The Labute approximate surface area is 208 Å². The summed E-state index contributed by atoms with van der Waals surface area (Å²) in [6.45, 7) is 13.6. The average molecular weight is 490 g/mol. The zero-order chi connectivity index (χ0) is 25.5. The minimum absolute atomic E-state index is 0.0367. The first-order valence-electron chi connectivity index (χ1n) is 11.6. The van der Waals surface area contributed by atoms with Crippen molar-refractivity contribution in [2.45, 2.75) is 46.1 Å². The van der Waals surface area contributed by atoms with E-state index in [9.17, 15) is 14.4 Å². The lowest BCUT2D eigenvalue weighted by Crippen LogP contribution is -2.45. The minimum Gasteiger partial charge on any atom is -0.490 e. The first kappa shape index (κ1) is 29.5. The second-order valence-electron chi connectivity index (χ2n) is 8.76.